The summed E-state index contributed by atoms with van der Waals surface area (Å²) in [7, 11) is 0. The minimum atomic E-state index is 0.00528. The maximum atomic E-state index is 5.50. The summed E-state index contributed by atoms with van der Waals surface area (Å²) in [4.78, 5) is 0. The third-order valence-electron chi connectivity index (χ3n) is 1.86. The second-order valence-corrected chi connectivity index (χ2v) is 3.88. The number of rotatable bonds is 5. The quantitative estimate of drug-likeness (QED) is 0.654. The molecule has 1 aliphatic rings. The van der Waals surface area contributed by atoms with E-state index in [1.54, 1.807) is 0 Å². The second kappa shape index (κ2) is 5.80. The fourth-order valence-corrected chi connectivity index (χ4v) is 1.63. The first-order chi connectivity index (χ1) is 5.86. The molecule has 4 heteroatoms. The minimum Gasteiger partial charge on any atom is -0.350 e. The predicted molar refractivity (Wildman–Crippen MR) is 51.3 cm³/mol. The van der Waals surface area contributed by atoms with Crippen LogP contribution in [0.2, 0.25) is 0 Å². The van der Waals surface area contributed by atoms with Crippen molar-refractivity contribution in [3.8, 4) is 0 Å². The summed E-state index contributed by atoms with van der Waals surface area (Å²) in [5, 5.41) is 0. The molecule has 0 aliphatic carbocycles. The van der Waals surface area contributed by atoms with Crippen molar-refractivity contribution in [3.63, 3.8) is 0 Å². The minimum absolute atomic E-state index is 0.00528. The van der Waals surface area contributed by atoms with Gasteiger partial charge in [-0.15, -0.1) is 0 Å². The van der Waals surface area contributed by atoms with Crippen LogP contribution in [0.15, 0.2) is 0 Å². The van der Waals surface area contributed by atoms with Gasteiger partial charge in [0.25, 0.3) is 0 Å². The molecule has 2 N–H and O–H groups in total. The van der Waals surface area contributed by atoms with E-state index in [1.807, 2.05) is 11.8 Å². The SMILES string of the molecule is CSCCCC1OCC(CN)O1. The summed E-state index contributed by atoms with van der Waals surface area (Å²) in [5.41, 5.74) is 5.44. The Morgan fingerprint density at radius 1 is 1.58 bits per heavy atom. The summed E-state index contributed by atoms with van der Waals surface area (Å²) < 4.78 is 10.9. The standard InChI is InChI=1S/C8H17NO2S/c1-12-4-2-3-8-10-6-7(5-9)11-8/h7-8H,2-6,9H2,1H3. The molecule has 0 amide bonds. The van der Waals surface area contributed by atoms with Gasteiger partial charge in [-0.3, -0.25) is 0 Å². The van der Waals surface area contributed by atoms with E-state index in [9.17, 15) is 0 Å². The molecule has 72 valence electrons. The van der Waals surface area contributed by atoms with Gasteiger partial charge in [-0.05, 0) is 24.9 Å². The van der Waals surface area contributed by atoms with Gasteiger partial charge >= 0.3 is 0 Å². The molecule has 1 rings (SSSR count). The molecule has 0 bridgehead atoms. The van der Waals surface area contributed by atoms with E-state index in [-0.39, 0.29) is 12.4 Å². The van der Waals surface area contributed by atoms with Gasteiger partial charge in [-0.1, -0.05) is 0 Å². The fraction of sp³-hybridized carbons (Fsp3) is 1.00. The van der Waals surface area contributed by atoms with E-state index in [2.05, 4.69) is 6.26 Å². The van der Waals surface area contributed by atoms with E-state index in [1.165, 1.54) is 5.75 Å². The van der Waals surface area contributed by atoms with Crippen LogP contribution in [0.3, 0.4) is 0 Å². The van der Waals surface area contributed by atoms with Gasteiger partial charge < -0.3 is 15.2 Å². The van der Waals surface area contributed by atoms with Crippen LogP contribution in [-0.4, -0.2) is 37.6 Å². The van der Waals surface area contributed by atoms with Crippen LogP contribution < -0.4 is 5.73 Å². The molecular formula is C8H17NO2S. The summed E-state index contributed by atoms with van der Waals surface area (Å²) >= 11 is 1.86. The molecular weight excluding hydrogens is 174 g/mol. The van der Waals surface area contributed by atoms with Gasteiger partial charge in [0.1, 0.15) is 0 Å². The first kappa shape index (κ1) is 10.3. The number of hydrogen-bond donors (Lipinski definition) is 1. The Hall–Kier alpha value is 0.230. The van der Waals surface area contributed by atoms with Crippen molar-refractivity contribution < 1.29 is 9.47 Å². The topological polar surface area (TPSA) is 44.5 Å². The molecule has 2 atom stereocenters. The zero-order valence-corrected chi connectivity index (χ0v) is 8.31. The van der Waals surface area contributed by atoms with E-state index < -0.39 is 0 Å². The lowest BCUT2D eigenvalue weighted by Crippen LogP contribution is -2.22. The zero-order valence-electron chi connectivity index (χ0n) is 7.49. The van der Waals surface area contributed by atoms with Crippen LogP contribution in [0, 0.1) is 0 Å². The van der Waals surface area contributed by atoms with Crippen LogP contribution in [-0.2, 0) is 9.47 Å². The Morgan fingerprint density at radius 3 is 3.00 bits per heavy atom. The second-order valence-electron chi connectivity index (χ2n) is 2.89. The maximum Gasteiger partial charge on any atom is 0.158 e. The number of ether oxygens (including phenoxy) is 2. The van der Waals surface area contributed by atoms with Gasteiger partial charge in [0.15, 0.2) is 6.29 Å². The zero-order chi connectivity index (χ0) is 8.81. The molecule has 1 heterocycles. The normalized spacial score (nSPS) is 29.5. The van der Waals surface area contributed by atoms with E-state index >= 15 is 0 Å². The maximum absolute atomic E-state index is 5.50. The van der Waals surface area contributed by atoms with Gasteiger partial charge in [-0.25, -0.2) is 0 Å². The van der Waals surface area contributed by atoms with Crippen LogP contribution >= 0.6 is 11.8 Å². The fourth-order valence-electron chi connectivity index (χ4n) is 1.18. The highest BCUT2D eigenvalue weighted by molar-refractivity contribution is 7.98. The van der Waals surface area contributed by atoms with Crippen LogP contribution in [0.1, 0.15) is 12.8 Å². The third kappa shape index (κ3) is 3.31. The lowest BCUT2D eigenvalue weighted by atomic mass is 10.3. The van der Waals surface area contributed by atoms with Crippen LogP contribution in [0.25, 0.3) is 0 Å². The molecule has 1 aliphatic heterocycles. The molecule has 0 spiro atoms. The Bertz CT molecular complexity index is 124. The van der Waals surface area contributed by atoms with Gasteiger partial charge in [0.2, 0.25) is 0 Å². The largest absolute Gasteiger partial charge is 0.350 e. The lowest BCUT2D eigenvalue weighted by molar-refractivity contribution is -0.0604. The first-order valence-electron chi connectivity index (χ1n) is 4.33. The van der Waals surface area contributed by atoms with Crippen molar-refractivity contribution in [2.75, 3.05) is 25.2 Å². The Morgan fingerprint density at radius 2 is 2.42 bits per heavy atom. The van der Waals surface area contributed by atoms with E-state index in [0.717, 1.165) is 12.8 Å². The lowest BCUT2D eigenvalue weighted by Gasteiger charge is -2.09. The van der Waals surface area contributed by atoms with Crippen molar-refractivity contribution in [2.24, 2.45) is 5.73 Å². The summed E-state index contributed by atoms with van der Waals surface area (Å²) in [5.74, 6) is 1.18. The molecule has 0 aromatic heterocycles. The third-order valence-corrected chi connectivity index (χ3v) is 2.56. The summed E-state index contributed by atoms with van der Waals surface area (Å²) in [6, 6.07) is 0. The molecule has 0 aromatic carbocycles. The van der Waals surface area contributed by atoms with Crippen LogP contribution in [0.4, 0.5) is 0 Å². The van der Waals surface area contributed by atoms with Crippen molar-refractivity contribution in [3.05, 3.63) is 0 Å². The smallest absolute Gasteiger partial charge is 0.158 e. The molecule has 12 heavy (non-hydrogen) atoms. The molecule has 1 fully saturated rings. The molecule has 0 radical (unpaired) electrons. The van der Waals surface area contributed by atoms with Gasteiger partial charge in [0, 0.05) is 6.54 Å². The van der Waals surface area contributed by atoms with Gasteiger partial charge in [-0.2, -0.15) is 11.8 Å². The van der Waals surface area contributed by atoms with Crippen LogP contribution in [0.5, 0.6) is 0 Å². The molecule has 2 unspecified atom stereocenters. The Kier molecular flexibility index (Phi) is 4.99. The molecule has 0 aromatic rings. The Labute approximate surface area is 78.0 Å². The highest BCUT2D eigenvalue weighted by Gasteiger charge is 2.23. The van der Waals surface area contributed by atoms with Crippen molar-refractivity contribution in [1.82, 2.24) is 0 Å². The highest BCUT2D eigenvalue weighted by atomic mass is 32.2. The first-order valence-corrected chi connectivity index (χ1v) is 5.72. The average Bonchev–Trinajstić information content (AvgIpc) is 2.53. The average molecular weight is 191 g/mol. The van der Waals surface area contributed by atoms with E-state index in [4.69, 9.17) is 15.2 Å². The number of thioether (sulfide) groups is 1. The summed E-state index contributed by atoms with van der Waals surface area (Å²) in [6.07, 6.45) is 4.40. The van der Waals surface area contributed by atoms with Crippen molar-refractivity contribution in [1.29, 1.82) is 0 Å². The van der Waals surface area contributed by atoms with E-state index in [0.29, 0.717) is 13.2 Å². The molecule has 0 saturated carbocycles. The Balaban J connectivity index is 2.03. The highest BCUT2D eigenvalue weighted by Crippen LogP contribution is 2.16. The molecule has 3 nitrogen and oxygen atoms in total. The molecule has 1 saturated heterocycles. The predicted octanol–water partition coefficient (Wildman–Crippen LogP) is 0.830. The van der Waals surface area contributed by atoms with Crippen molar-refractivity contribution in [2.45, 2.75) is 25.2 Å². The van der Waals surface area contributed by atoms with Gasteiger partial charge in [0.05, 0.1) is 12.7 Å². The number of hydrogen-bond acceptors (Lipinski definition) is 4. The monoisotopic (exact) mass is 191 g/mol. The number of nitrogens with two attached hydrogens (primary N) is 1. The van der Waals surface area contributed by atoms with Crippen molar-refractivity contribution >= 4 is 11.8 Å². The summed E-state index contributed by atoms with van der Waals surface area (Å²) in [6.45, 7) is 1.24.